The molecule has 2 aliphatic rings. The van der Waals surface area contributed by atoms with E-state index in [0.717, 1.165) is 31.5 Å². The minimum atomic E-state index is -1.16. The molecule has 7 rings (SSSR count). The zero-order valence-electron chi connectivity index (χ0n) is 27.7. The summed E-state index contributed by atoms with van der Waals surface area (Å²) in [6.07, 6.45) is 3.52. The van der Waals surface area contributed by atoms with E-state index < -0.39 is 23.6 Å². The number of hydrogen-bond donors (Lipinski definition) is 2. The molecule has 0 radical (unpaired) electrons. The van der Waals surface area contributed by atoms with Crippen LogP contribution in [0.5, 0.6) is 11.5 Å². The van der Waals surface area contributed by atoms with Gasteiger partial charge in [0.2, 0.25) is 0 Å². The Balaban J connectivity index is 1.09. The molecular formula is C38H36F2N6O4. The van der Waals surface area contributed by atoms with Crippen LogP contribution in [0.4, 0.5) is 26.0 Å². The van der Waals surface area contributed by atoms with Crippen molar-refractivity contribution in [1.29, 1.82) is 0 Å². The Labute approximate surface area is 288 Å². The Morgan fingerprint density at radius 2 is 1.80 bits per heavy atom. The first-order valence-electron chi connectivity index (χ1n) is 16.4. The number of piperidine rings is 1. The fourth-order valence-corrected chi connectivity index (χ4v) is 6.54. The predicted molar refractivity (Wildman–Crippen MR) is 186 cm³/mol. The van der Waals surface area contributed by atoms with E-state index in [-0.39, 0.29) is 23.8 Å². The van der Waals surface area contributed by atoms with Crippen molar-refractivity contribution in [2.24, 2.45) is 5.92 Å². The maximum Gasteiger partial charge on any atom is 0.255 e. The zero-order chi connectivity index (χ0) is 34.8. The summed E-state index contributed by atoms with van der Waals surface area (Å²) in [5.41, 5.74) is 2.39. The molecule has 2 N–H and O–H groups in total. The summed E-state index contributed by atoms with van der Waals surface area (Å²) in [6, 6.07) is 19.2. The van der Waals surface area contributed by atoms with Crippen LogP contribution in [0.2, 0.25) is 0 Å². The van der Waals surface area contributed by atoms with Crippen LogP contribution < -0.4 is 20.1 Å². The van der Waals surface area contributed by atoms with Crippen LogP contribution in [0.1, 0.15) is 40.4 Å². The SMILES string of the molecule is COc1cc2c(Nc3ccc(NC(=O)C(c4cccc(F)c4)N4Cc5ccccc5C4=O)cc3F)ncnc2cc1OCC1CCN(C)CC1. The largest absolute Gasteiger partial charge is 0.493 e. The van der Waals surface area contributed by atoms with Gasteiger partial charge in [0.1, 0.15) is 29.8 Å². The zero-order valence-corrected chi connectivity index (χ0v) is 27.7. The lowest BCUT2D eigenvalue weighted by Gasteiger charge is -2.28. The lowest BCUT2D eigenvalue weighted by Crippen LogP contribution is -2.37. The molecule has 2 aliphatic heterocycles. The van der Waals surface area contributed by atoms with E-state index in [4.69, 9.17) is 9.47 Å². The molecule has 10 nitrogen and oxygen atoms in total. The molecule has 0 spiro atoms. The van der Waals surface area contributed by atoms with Crippen LogP contribution >= 0.6 is 0 Å². The summed E-state index contributed by atoms with van der Waals surface area (Å²) in [4.78, 5) is 39.6. The highest BCUT2D eigenvalue weighted by molar-refractivity contribution is 6.04. The third-order valence-corrected chi connectivity index (χ3v) is 9.30. The van der Waals surface area contributed by atoms with Gasteiger partial charge in [-0.15, -0.1) is 0 Å². The van der Waals surface area contributed by atoms with Crippen LogP contribution in [0.3, 0.4) is 0 Å². The number of rotatable bonds is 10. The van der Waals surface area contributed by atoms with Crippen LogP contribution in [0.25, 0.3) is 10.9 Å². The van der Waals surface area contributed by atoms with E-state index in [9.17, 15) is 14.0 Å². The molecule has 1 atom stereocenters. The quantitative estimate of drug-likeness (QED) is 0.168. The molecule has 5 aromatic rings. The minimum Gasteiger partial charge on any atom is -0.493 e. The molecule has 12 heteroatoms. The van der Waals surface area contributed by atoms with Gasteiger partial charge in [0.05, 0.1) is 24.9 Å². The average molecular weight is 679 g/mol. The molecule has 0 bridgehead atoms. The molecule has 50 heavy (non-hydrogen) atoms. The first-order valence-corrected chi connectivity index (χ1v) is 16.4. The monoisotopic (exact) mass is 678 g/mol. The second kappa shape index (κ2) is 14.1. The number of nitrogens with zero attached hydrogens (tertiary/aromatic N) is 4. The van der Waals surface area contributed by atoms with Gasteiger partial charge < -0.3 is 29.9 Å². The predicted octanol–water partition coefficient (Wildman–Crippen LogP) is 6.72. The highest BCUT2D eigenvalue weighted by Gasteiger charge is 2.37. The highest BCUT2D eigenvalue weighted by Crippen LogP contribution is 2.37. The lowest BCUT2D eigenvalue weighted by molar-refractivity contribution is -0.120. The van der Waals surface area contributed by atoms with Gasteiger partial charge in [-0.3, -0.25) is 9.59 Å². The van der Waals surface area contributed by atoms with Crippen molar-refractivity contribution in [2.75, 3.05) is 44.5 Å². The van der Waals surface area contributed by atoms with Gasteiger partial charge in [0.25, 0.3) is 11.8 Å². The van der Waals surface area contributed by atoms with E-state index in [1.165, 1.54) is 47.6 Å². The van der Waals surface area contributed by atoms with Crippen molar-refractivity contribution in [1.82, 2.24) is 19.8 Å². The van der Waals surface area contributed by atoms with Crippen molar-refractivity contribution >= 4 is 39.9 Å². The molecule has 2 amide bonds. The number of amides is 2. The van der Waals surface area contributed by atoms with Gasteiger partial charge in [-0.05, 0) is 92.5 Å². The van der Waals surface area contributed by atoms with Crippen molar-refractivity contribution in [3.8, 4) is 11.5 Å². The summed E-state index contributed by atoms with van der Waals surface area (Å²) in [6.45, 7) is 2.83. The van der Waals surface area contributed by atoms with E-state index in [2.05, 4.69) is 32.5 Å². The number of anilines is 3. The van der Waals surface area contributed by atoms with Gasteiger partial charge >= 0.3 is 0 Å². The topological polar surface area (TPSA) is 109 Å². The number of benzene rings is 4. The van der Waals surface area contributed by atoms with E-state index in [1.807, 2.05) is 12.1 Å². The molecule has 1 saturated heterocycles. The van der Waals surface area contributed by atoms with Crippen molar-refractivity contribution in [3.05, 3.63) is 114 Å². The molecule has 3 heterocycles. The number of carbonyl (C=O) groups is 2. The van der Waals surface area contributed by atoms with Crippen LogP contribution in [-0.2, 0) is 11.3 Å². The molecular weight excluding hydrogens is 642 g/mol. The second-order valence-electron chi connectivity index (χ2n) is 12.7. The number of hydrogen-bond acceptors (Lipinski definition) is 8. The standard InChI is InChI=1S/C38H36F2N6O4/c1-45-14-12-23(13-15-45)21-50-34-19-32-29(18-33(34)49-2)36(42-22-41-32)44-31-11-10-27(17-30(31)40)43-37(47)35(24-7-5-8-26(39)16-24)46-20-25-6-3-4-9-28(25)38(46)48/h3-11,16-19,22-23,35H,12-15,20-21H2,1-2H3,(H,43,47)(H,41,42,44). The molecule has 0 aliphatic carbocycles. The first-order chi connectivity index (χ1) is 24.3. The van der Waals surface area contributed by atoms with Crippen molar-refractivity contribution < 1.29 is 27.8 Å². The maximum absolute atomic E-state index is 15.6. The van der Waals surface area contributed by atoms with Gasteiger partial charge in [0.15, 0.2) is 11.5 Å². The van der Waals surface area contributed by atoms with Crippen LogP contribution in [0, 0.1) is 17.6 Å². The smallest absolute Gasteiger partial charge is 0.255 e. The first kappa shape index (κ1) is 32.9. The van der Waals surface area contributed by atoms with Gasteiger partial charge in [-0.25, -0.2) is 18.7 Å². The van der Waals surface area contributed by atoms with Crippen LogP contribution in [0.15, 0.2) is 85.2 Å². The number of nitrogens with one attached hydrogen (secondary N) is 2. The van der Waals surface area contributed by atoms with Crippen LogP contribution in [-0.4, -0.2) is 65.4 Å². The Morgan fingerprint density at radius 1 is 0.980 bits per heavy atom. The molecule has 4 aromatic carbocycles. The number of halogens is 2. The third-order valence-electron chi connectivity index (χ3n) is 9.30. The minimum absolute atomic E-state index is 0.108. The molecule has 0 saturated carbocycles. The molecule has 1 aromatic heterocycles. The summed E-state index contributed by atoms with van der Waals surface area (Å²) in [5.74, 6) is -0.273. The number of aromatic nitrogens is 2. The summed E-state index contributed by atoms with van der Waals surface area (Å²) in [7, 11) is 3.68. The van der Waals surface area contributed by atoms with E-state index in [1.54, 1.807) is 37.4 Å². The van der Waals surface area contributed by atoms with Crippen molar-refractivity contribution in [3.63, 3.8) is 0 Å². The number of fused-ring (bicyclic) bond motifs is 2. The third kappa shape index (κ3) is 6.79. The molecule has 1 unspecified atom stereocenters. The molecule has 256 valence electrons. The van der Waals surface area contributed by atoms with Gasteiger partial charge in [0, 0.05) is 29.2 Å². The summed E-state index contributed by atoms with van der Waals surface area (Å²) in [5, 5.41) is 6.36. The van der Waals surface area contributed by atoms with E-state index >= 15 is 4.39 Å². The Hall–Kier alpha value is -5.62. The number of ether oxygens (including phenoxy) is 2. The summed E-state index contributed by atoms with van der Waals surface area (Å²) >= 11 is 0. The van der Waals surface area contributed by atoms with E-state index in [0.29, 0.717) is 51.9 Å². The second-order valence-corrected chi connectivity index (χ2v) is 12.7. The number of likely N-dealkylation sites (tertiary alicyclic amines) is 1. The highest BCUT2D eigenvalue weighted by atomic mass is 19.1. The van der Waals surface area contributed by atoms with Gasteiger partial charge in [-0.1, -0.05) is 30.3 Å². The number of carbonyl (C=O) groups excluding carboxylic acids is 2. The Bertz CT molecular complexity index is 2070. The summed E-state index contributed by atoms with van der Waals surface area (Å²) < 4.78 is 41.7. The average Bonchev–Trinajstić information content (AvgIpc) is 3.44. The normalized spacial score (nSPS) is 15.5. The number of methoxy groups -OCH3 is 1. The fourth-order valence-electron chi connectivity index (χ4n) is 6.54. The van der Waals surface area contributed by atoms with Crippen molar-refractivity contribution in [2.45, 2.75) is 25.4 Å². The molecule has 1 fully saturated rings. The Kier molecular flexibility index (Phi) is 9.27. The Morgan fingerprint density at radius 3 is 2.56 bits per heavy atom. The maximum atomic E-state index is 15.6. The van der Waals surface area contributed by atoms with Gasteiger partial charge in [-0.2, -0.15) is 0 Å². The fraction of sp³-hybridized carbons (Fsp3) is 0.263. The lowest BCUT2D eigenvalue weighted by atomic mass is 9.98.